The second-order valence-electron chi connectivity index (χ2n) is 7.20. The number of carbonyl (C=O) groups excluding carboxylic acids is 1. The van der Waals surface area contributed by atoms with Crippen LogP contribution in [0.2, 0.25) is 0 Å². The number of rotatable bonds is 4. The largest absolute Gasteiger partial charge is 0.343 e. The molecule has 3 heterocycles. The molecule has 0 bridgehead atoms. The van der Waals surface area contributed by atoms with E-state index in [4.69, 9.17) is 0 Å². The maximum absolute atomic E-state index is 12.3. The number of nitrogens with zero attached hydrogens (tertiary/aromatic N) is 4. The lowest BCUT2D eigenvalue weighted by atomic mass is 9.93. The normalized spacial score (nSPS) is 20.1. The number of benzene rings is 1. The quantitative estimate of drug-likeness (QED) is 0.867. The molecule has 4 rings (SSSR count). The van der Waals surface area contributed by atoms with Crippen LogP contribution in [0.3, 0.4) is 0 Å². The molecule has 5 nitrogen and oxygen atoms in total. The summed E-state index contributed by atoms with van der Waals surface area (Å²) in [7, 11) is 0. The van der Waals surface area contributed by atoms with Crippen LogP contribution in [0.5, 0.6) is 0 Å². The fourth-order valence-corrected chi connectivity index (χ4v) is 4.01. The third-order valence-electron chi connectivity index (χ3n) is 5.51. The third kappa shape index (κ3) is 3.31. The molecule has 1 aromatic heterocycles. The van der Waals surface area contributed by atoms with Gasteiger partial charge >= 0.3 is 0 Å². The number of likely N-dealkylation sites (tertiary alicyclic amines) is 2. The number of amides is 1. The molecule has 0 unspecified atom stereocenters. The van der Waals surface area contributed by atoms with Gasteiger partial charge < -0.3 is 9.47 Å². The average molecular weight is 326 g/mol. The van der Waals surface area contributed by atoms with E-state index in [1.54, 1.807) is 0 Å². The molecule has 5 heteroatoms. The van der Waals surface area contributed by atoms with Crippen molar-refractivity contribution in [2.45, 2.75) is 38.8 Å². The van der Waals surface area contributed by atoms with Crippen LogP contribution in [0.15, 0.2) is 30.6 Å². The number of aromatic nitrogens is 2. The first kappa shape index (κ1) is 15.6. The van der Waals surface area contributed by atoms with Gasteiger partial charge in [0.25, 0.3) is 0 Å². The van der Waals surface area contributed by atoms with E-state index < -0.39 is 0 Å². The van der Waals surface area contributed by atoms with Crippen LogP contribution in [-0.2, 0) is 11.5 Å². The van der Waals surface area contributed by atoms with E-state index in [1.807, 2.05) is 12.4 Å². The Labute approximate surface area is 143 Å². The van der Waals surface area contributed by atoms with E-state index in [-0.39, 0.29) is 0 Å². The summed E-state index contributed by atoms with van der Waals surface area (Å²) in [6, 6.07) is 8.28. The van der Waals surface area contributed by atoms with Gasteiger partial charge in [-0.2, -0.15) is 0 Å². The van der Waals surface area contributed by atoms with Crippen LogP contribution in [0.25, 0.3) is 11.0 Å². The average Bonchev–Trinajstić information content (AvgIpc) is 3.27. The lowest BCUT2D eigenvalue weighted by molar-refractivity contribution is -0.131. The van der Waals surface area contributed by atoms with E-state index in [9.17, 15) is 4.79 Å². The lowest BCUT2D eigenvalue weighted by Crippen LogP contribution is -2.37. The Morgan fingerprint density at radius 3 is 2.62 bits per heavy atom. The van der Waals surface area contributed by atoms with Gasteiger partial charge in [-0.3, -0.25) is 9.69 Å². The van der Waals surface area contributed by atoms with Crippen molar-refractivity contribution in [2.24, 2.45) is 5.92 Å². The van der Waals surface area contributed by atoms with E-state index in [0.29, 0.717) is 11.8 Å². The van der Waals surface area contributed by atoms with E-state index in [0.717, 1.165) is 57.6 Å². The van der Waals surface area contributed by atoms with Crippen molar-refractivity contribution >= 4 is 16.9 Å². The zero-order chi connectivity index (χ0) is 16.4. The molecule has 0 radical (unpaired) electrons. The van der Waals surface area contributed by atoms with Gasteiger partial charge in [-0.15, -0.1) is 0 Å². The Balaban J connectivity index is 1.29. The molecule has 0 saturated carbocycles. The first-order valence-corrected chi connectivity index (χ1v) is 9.19. The highest BCUT2D eigenvalue weighted by molar-refractivity contribution is 5.76. The highest BCUT2D eigenvalue weighted by Gasteiger charge is 2.25. The second kappa shape index (κ2) is 6.93. The molecule has 0 N–H and O–H groups in total. The van der Waals surface area contributed by atoms with Crippen molar-refractivity contribution in [3.63, 3.8) is 0 Å². The smallest absolute Gasteiger partial charge is 0.222 e. The lowest BCUT2D eigenvalue weighted by Gasteiger charge is -2.32. The number of para-hydroxylation sites is 2. The molecule has 1 amide bonds. The molecule has 2 saturated heterocycles. The minimum absolute atomic E-state index is 0.381. The van der Waals surface area contributed by atoms with Gasteiger partial charge in [-0.1, -0.05) is 12.1 Å². The number of fused-ring (bicyclic) bond motifs is 1. The molecule has 2 aromatic rings. The summed E-state index contributed by atoms with van der Waals surface area (Å²) in [4.78, 5) is 21.3. The Bertz CT molecular complexity index is 696. The van der Waals surface area contributed by atoms with Gasteiger partial charge in [0.05, 0.1) is 24.0 Å². The predicted octanol–water partition coefficient (Wildman–Crippen LogP) is 2.72. The number of carbonyl (C=O) groups is 1. The summed E-state index contributed by atoms with van der Waals surface area (Å²) >= 11 is 0. The van der Waals surface area contributed by atoms with E-state index in [2.05, 4.69) is 37.5 Å². The highest BCUT2D eigenvalue weighted by Crippen LogP contribution is 2.23. The van der Waals surface area contributed by atoms with Gasteiger partial charge in [0.2, 0.25) is 5.91 Å². The van der Waals surface area contributed by atoms with Crippen LogP contribution in [-0.4, -0.2) is 51.4 Å². The zero-order valence-electron chi connectivity index (χ0n) is 14.2. The van der Waals surface area contributed by atoms with Crippen molar-refractivity contribution in [3.8, 4) is 0 Å². The molecule has 128 valence electrons. The van der Waals surface area contributed by atoms with Crippen molar-refractivity contribution in [2.75, 3.05) is 26.2 Å². The van der Waals surface area contributed by atoms with Crippen LogP contribution in [0.1, 0.15) is 32.1 Å². The standard InChI is InChI=1S/C19H26N4O/c24-19(22-9-3-4-10-22)13-16-7-11-21(12-8-16)15-23-14-20-17-5-1-2-6-18(17)23/h1-2,5-6,14,16H,3-4,7-13,15H2. The van der Waals surface area contributed by atoms with Crippen molar-refractivity contribution in [3.05, 3.63) is 30.6 Å². The van der Waals surface area contributed by atoms with E-state index >= 15 is 0 Å². The van der Waals surface area contributed by atoms with E-state index in [1.165, 1.54) is 18.4 Å². The number of hydrogen-bond donors (Lipinski definition) is 0. The minimum Gasteiger partial charge on any atom is -0.343 e. The monoisotopic (exact) mass is 326 g/mol. The number of hydrogen-bond acceptors (Lipinski definition) is 3. The molecule has 2 aliphatic rings. The molecule has 2 aliphatic heterocycles. The van der Waals surface area contributed by atoms with Gasteiger partial charge in [-0.05, 0) is 43.7 Å². The van der Waals surface area contributed by atoms with Gasteiger partial charge in [0.15, 0.2) is 0 Å². The van der Waals surface area contributed by atoms with Crippen LogP contribution in [0.4, 0.5) is 0 Å². The maximum Gasteiger partial charge on any atom is 0.222 e. The topological polar surface area (TPSA) is 41.4 Å². The fraction of sp³-hybridized carbons (Fsp3) is 0.579. The summed E-state index contributed by atoms with van der Waals surface area (Å²) in [5.74, 6) is 0.945. The second-order valence-corrected chi connectivity index (χ2v) is 7.20. The Morgan fingerprint density at radius 2 is 1.83 bits per heavy atom. The molecule has 0 atom stereocenters. The highest BCUT2D eigenvalue weighted by atomic mass is 16.2. The van der Waals surface area contributed by atoms with Crippen LogP contribution < -0.4 is 0 Å². The molecule has 1 aromatic carbocycles. The zero-order valence-corrected chi connectivity index (χ0v) is 14.2. The fourth-order valence-electron chi connectivity index (χ4n) is 4.01. The Morgan fingerprint density at radius 1 is 1.08 bits per heavy atom. The summed E-state index contributed by atoms with van der Waals surface area (Å²) in [5, 5.41) is 0. The number of imidazole rings is 1. The van der Waals surface area contributed by atoms with Gasteiger partial charge in [0, 0.05) is 32.6 Å². The van der Waals surface area contributed by atoms with Gasteiger partial charge in [-0.25, -0.2) is 4.98 Å². The van der Waals surface area contributed by atoms with Crippen molar-refractivity contribution in [1.82, 2.24) is 19.4 Å². The summed E-state index contributed by atoms with van der Waals surface area (Å²) in [6.45, 7) is 5.00. The molecule has 0 spiro atoms. The molecule has 24 heavy (non-hydrogen) atoms. The Kier molecular flexibility index (Phi) is 4.52. The molecule has 2 fully saturated rings. The van der Waals surface area contributed by atoms with Crippen molar-refractivity contribution in [1.29, 1.82) is 0 Å². The Hall–Kier alpha value is -1.88. The summed E-state index contributed by atoms with van der Waals surface area (Å²) in [6.07, 6.45) is 7.32. The first-order valence-electron chi connectivity index (χ1n) is 9.19. The SMILES string of the molecule is O=C(CC1CCN(Cn2cnc3ccccc32)CC1)N1CCCC1. The first-order chi connectivity index (χ1) is 11.8. The number of piperidine rings is 1. The van der Waals surface area contributed by atoms with Crippen LogP contribution >= 0.6 is 0 Å². The third-order valence-corrected chi connectivity index (χ3v) is 5.51. The molecular formula is C19H26N4O. The van der Waals surface area contributed by atoms with Crippen LogP contribution in [0, 0.1) is 5.92 Å². The molecular weight excluding hydrogens is 300 g/mol. The summed E-state index contributed by atoms with van der Waals surface area (Å²) in [5.41, 5.74) is 2.26. The predicted molar refractivity (Wildman–Crippen MR) is 94.5 cm³/mol. The van der Waals surface area contributed by atoms with Crippen molar-refractivity contribution < 1.29 is 4.79 Å². The van der Waals surface area contributed by atoms with Gasteiger partial charge in [0.1, 0.15) is 0 Å². The maximum atomic E-state index is 12.3. The molecule has 0 aliphatic carbocycles. The minimum atomic E-state index is 0.381. The summed E-state index contributed by atoms with van der Waals surface area (Å²) < 4.78 is 2.23.